The summed E-state index contributed by atoms with van der Waals surface area (Å²) in [5.74, 6) is 3.28. The van der Waals surface area contributed by atoms with Gasteiger partial charge in [-0.25, -0.2) is 0 Å². The Hall–Kier alpha value is -1.18. The van der Waals surface area contributed by atoms with Crippen molar-refractivity contribution >= 4 is 33.3 Å². The van der Waals surface area contributed by atoms with E-state index in [1.54, 1.807) is 40.5 Å². The number of ether oxygens (including phenoxy) is 1. The van der Waals surface area contributed by atoms with Gasteiger partial charge in [0.25, 0.3) is 0 Å². The third kappa shape index (κ3) is 9.85. The zero-order valence-electron chi connectivity index (χ0n) is 16.2. The van der Waals surface area contributed by atoms with Crippen LogP contribution in [0.1, 0.15) is 30.5 Å². The number of alkyl halides is 3. The second-order valence-electron chi connectivity index (χ2n) is 5.29. The molecule has 1 nitrogen and oxygen atoms in total. The van der Waals surface area contributed by atoms with Crippen molar-refractivity contribution in [2.75, 3.05) is 12.9 Å². The van der Waals surface area contributed by atoms with Crippen LogP contribution >= 0.6 is 33.3 Å². The smallest absolute Gasteiger partial charge is 0.416 e. The van der Waals surface area contributed by atoms with Gasteiger partial charge in [0.15, 0.2) is 0 Å². The summed E-state index contributed by atoms with van der Waals surface area (Å²) in [4.78, 5) is 0. The maximum Gasteiger partial charge on any atom is 0.416 e. The molecule has 0 atom stereocenters. The van der Waals surface area contributed by atoms with Crippen molar-refractivity contribution in [1.29, 1.82) is 0 Å². The van der Waals surface area contributed by atoms with Crippen molar-refractivity contribution in [2.24, 2.45) is 0 Å². The quantitative estimate of drug-likeness (QED) is 0.284. The Balaban J connectivity index is 0.00000190. The highest BCUT2D eigenvalue weighted by Gasteiger charge is 2.29. The molecule has 0 N–H and O–H groups in total. The minimum absolute atomic E-state index is 0.601. The van der Waals surface area contributed by atoms with Crippen LogP contribution in [0.25, 0.3) is 0 Å². The number of rotatable bonds is 9. The van der Waals surface area contributed by atoms with E-state index < -0.39 is 11.7 Å². The fraction of sp³-hybridized carbons (Fsp3) is 0.333. The molecule has 2 rings (SSSR count). The van der Waals surface area contributed by atoms with Gasteiger partial charge < -0.3 is 4.74 Å². The van der Waals surface area contributed by atoms with E-state index >= 15 is 0 Å². The lowest BCUT2D eigenvalue weighted by Gasteiger charge is -2.07. The first kappa shape index (κ1) is 24.9. The SMILES string of the molecule is CC.COc1cccc(CSS/C=C/CSCc2ccc(C(F)(F)F)cc2)c1. The van der Waals surface area contributed by atoms with Gasteiger partial charge in [-0.1, -0.05) is 65.8 Å². The normalized spacial score (nSPS) is 11.2. The molecule has 28 heavy (non-hydrogen) atoms. The largest absolute Gasteiger partial charge is 0.497 e. The van der Waals surface area contributed by atoms with Crippen molar-refractivity contribution < 1.29 is 17.9 Å². The molecule has 0 heterocycles. The van der Waals surface area contributed by atoms with Gasteiger partial charge in [0.1, 0.15) is 5.75 Å². The minimum atomic E-state index is -4.27. The number of thioether (sulfide) groups is 1. The topological polar surface area (TPSA) is 9.23 Å². The Kier molecular flexibility index (Phi) is 12.3. The van der Waals surface area contributed by atoms with Gasteiger partial charge in [0, 0.05) is 17.3 Å². The van der Waals surface area contributed by atoms with E-state index in [2.05, 4.69) is 12.1 Å². The van der Waals surface area contributed by atoms with Crippen LogP contribution in [0, 0.1) is 0 Å². The number of benzene rings is 2. The molecule has 0 spiro atoms. The molecule has 0 saturated heterocycles. The molecule has 0 aliphatic rings. The molecule has 2 aromatic carbocycles. The van der Waals surface area contributed by atoms with Gasteiger partial charge in [0.2, 0.25) is 0 Å². The zero-order chi connectivity index (χ0) is 20.8. The molecule has 0 saturated carbocycles. The van der Waals surface area contributed by atoms with Crippen LogP contribution in [0.2, 0.25) is 0 Å². The molecule has 2 aromatic rings. The summed E-state index contributed by atoms with van der Waals surface area (Å²) >= 11 is 1.67. The molecule has 7 heteroatoms. The van der Waals surface area contributed by atoms with Gasteiger partial charge in [0.05, 0.1) is 12.7 Å². The molecular formula is C21H25F3OS3. The first-order valence-corrected chi connectivity index (χ1v) is 12.3. The highest BCUT2D eigenvalue weighted by Crippen LogP contribution is 2.30. The third-order valence-corrected chi connectivity index (χ3v) is 6.30. The van der Waals surface area contributed by atoms with Crippen molar-refractivity contribution in [3.63, 3.8) is 0 Å². The summed E-state index contributed by atoms with van der Waals surface area (Å²) in [6, 6.07) is 13.4. The van der Waals surface area contributed by atoms with Gasteiger partial charge >= 0.3 is 6.18 Å². The maximum absolute atomic E-state index is 12.5. The van der Waals surface area contributed by atoms with E-state index in [9.17, 15) is 13.2 Å². The summed E-state index contributed by atoms with van der Waals surface area (Å²) < 4.78 is 42.7. The highest BCUT2D eigenvalue weighted by atomic mass is 33.1. The van der Waals surface area contributed by atoms with Crippen LogP contribution in [-0.4, -0.2) is 12.9 Å². The second kappa shape index (κ2) is 13.9. The van der Waals surface area contributed by atoms with Crippen LogP contribution in [0.3, 0.4) is 0 Å². The van der Waals surface area contributed by atoms with Crippen LogP contribution in [-0.2, 0) is 17.7 Å². The van der Waals surface area contributed by atoms with Crippen LogP contribution in [0.4, 0.5) is 13.2 Å². The molecule has 0 aromatic heterocycles. The standard InChI is InChI=1S/C19H19F3OS3.C2H6/c1-23-18-5-2-4-16(12-18)14-26-25-11-3-10-24-13-15-6-8-17(9-7-15)19(20,21)22;1-2/h2-9,11-12H,10,13-14H2,1H3;1-2H3/b11-3+;. The van der Waals surface area contributed by atoms with E-state index in [1.165, 1.54) is 17.7 Å². The second-order valence-corrected chi connectivity index (χ2v) is 8.60. The molecule has 0 bridgehead atoms. The van der Waals surface area contributed by atoms with E-state index in [4.69, 9.17) is 4.74 Å². The predicted octanol–water partition coefficient (Wildman–Crippen LogP) is 8.07. The summed E-state index contributed by atoms with van der Waals surface area (Å²) in [6.07, 6.45) is -2.20. The van der Waals surface area contributed by atoms with Crippen LogP contribution < -0.4 is 4.74 Å². The molecule has 0 aliphatic carbocycles. The summed E-state index contributed by atoms with van der Waals surface area (Å²) in [5, 5.41) is 2.05. The minimum Gasteiger partial charge on any atom is -0.497 e. The monoisotopic (exact) mass is 446 g/mol. The molecule has 0 unspecified atom stereocenters. The average Bonchev–Trinajstić information content (AvgIpc) is 2.71. The molecule has 154 valence electrons. The zero-order valence-corrected chi connectivity index (χ0v) is 18.6. The fourth-order valence-corrected chi connectivity index (χ4v) is 4.64. The van der Waals surface area contributed by atoms with Gasteiger partial charge in [-0.2, -0.15) is 24.9 Å². The Morgan fingerprint density at radius 1 is 0.964 bits per heavy atom. The first-order chi connectivity index (χ1) is 13.5. The maximum atomic E-state index is 12.5. The van der Waals surface area contributed by atoms with Crippen LogP contribution in [0.15, 0.2) is 60.0 Å². The lowest BCUT2D eigenvalue weighted by molar-refractivity contribution is -0.137. The first-order valence-electron chi connectivity index (χ1n) is 8.79. The Morgan fingerprint density at radius 3 is 2.32 bits per heavy atom. The molecular weight excluding hydrogens is 421 g/mol. The molecule has 0 radical (unpaired) electrons. The van der Waals surface area contributed by atoms with Crippen molar-refractivity contribution in [3.05, 3.63) is 76.7 Å². The van der Waals surface area contributed by atoms with E-state index in [0.29, 0.717) is 5.75 Å². The summed E-state index contributed by atoms with van der Waals surface area (Å²) in [6.45, 7) is 4.00. The number of hydrogen-bond acceptors (Lipinski definition) is 4. The third-order valence-electron chi connectivity index (χ3n) is 3.34. The Labute approximate surface area is 177 Å². The highest BCUT2D eigenvalue weighted by molar-refractivity contribution is 8.77. The lowest BCUT2D eigenvalue weighted by Crippen LogP contribution is -2.04. The molecule has 0 aliphatic heterocycles. The van der Waals surface area contributed by atoms with Crippen molar-refractivity contribution in [1.82, 2.24) is 0 Å². The van der Waals surface area contributed by atoms with E-state index in [1.807, 2.05) is 37.5 Å². The molecule has 0 fully saturated rings. The number of methoxy groups -OCH3 is 1. The van der Waals surface area contributed by atoms with Gasteiger partial charge in [-0.3, -0.25) is 0 Å². The Bertz CT molecular complexity index is 701. The predicted molar refractivity (Wildman–Crippen MR) is 120 cm³/mol. The van der Waals surface area contributed by atoms with E-state index in [0.717, 1.165) is 35.0 Å². The lowest BCUT2D eigenvalue weighted by atomic mass is 10.1. The average molecular weight is 447 g/mol. The van der Waals surface area contributed by atoms with Gasteiger partial charge in [-0.05, 0) is 40.8 Å². The Morgan fingerprint density at radius 2 is 1.68 bits per heavy atom. The van der Waals surface area contributed by atoms with Crippen LogP contribution in [0.5, 0.6) is 5.75 Å². The van der Waals surface area contributed by atoms with E-state index in [-0.39, 0.29) is 0 Å². The summed E-state index contributed by atoms with van der Waals surface area (Å²) in [7, 11) is 5.07. The number of halogens is 3. The molecule has 0 amide bonds. The summed E-state index contributed by atoms with van der Waals surface area (Å²) in [5.41, 5.74) is 1.51. The van der Waals surface area contributed by atoms with Crippen molar-refractivity contribution in [2.45, 2.75) is 31.5 Å². The van der Waals surface area contributed by atoms with Gasteiger partial charge in [-0.15, -0.1) is 0 Å². The fourth-order valence-electron chi connectivity index (χ4n) is 2.02. The van der Waals surface area contributed by atoms with Crippen molar-refractivity contribution in [3.8, 4) is 5.75 Å². The number of hydrogen-bond donors (Lipinski definition) is 0.